The molecule has 0 radical (unpaired) electrons. The van der Waals surface area contributed by atoms with Gasteiger partial charge >= 0.3 is 11.9 Å². The molecular weight excluding hydrogens is 807 g/mol. The number of oxime groups is 2. The largest absolute Gasteiger partial charge is 0.365 e. The van der Waals surface area contributed by atoms with Crippen LogP contribution in [-0.2, 0) is 21.0 Å². The van der Waals surface area contributed by atoms with Crippen LogP contribution in [0.25, 0.3) is 21.8 Å². The second kappa shape index (κ2) is 22.3. The summed E-state index contributed by atoms with van der Waals surface area (Å²) in [5.74, 6) is -1.22. The fourth-order valence-electron chi connectivity index (χ4n) is 7.09. The lowest BCUT2D eigenvalue weighted by Crippen LogP contribution is -2.16. The van der Waals surface area contributed by atoms with Crippen LogP contribution < -0.4 is 0 Å². The van der Waals surface area contributed by atoms with Gasteiger partial charge in [0.15, 0.2) is 5.78 Å². The molecule has 0 aliphatic rings. The van der Waals surface area contributed by atoms with Crippen LogP contribution in [0.2, 0.25) is 0 Å². The van der Waals surface area contributed by atoms with Crippen molar-refractivity contribution in [3.05, 3.63) is 179 Å². The number of rotatable bonds is 16. The Morgan fingerprint density at radius 1 is 0.587 bits per heavy atom. The van der Waals surface area contributed by atoms with Crippen LogP contribution in [0, 0.1) is 6.92 Å². The molecule has 7 rings (SSSR count). The zero-order valence-corrected chi connectivity index (χ0v) is 37.1. The molecule has 63 heavy (non-hydrogen) atoms. The van der Waals surface area contributed by atoms with Crippen LogP contribution in [0.4, 0.5) is 0 Å². The highest BCUT2D eigenvalue weighted by molar-refractivity contribution is 7.99. The molecule has 0 N–H and O–H groups in total. The normalized spacial score (nSPS) is 11.5. The third-order valence-corrected chi connectivity index (χ3v) is 11.5. The average Bonchev–Trinajstić information content (AvgIpc) is 3.63. The molecule has 1 aromatic heterocycles. The summed E-state index contributed by atoms with van der Waals surface area (Å²) < 4.78 is 2.23. The molecule has 0 saturated heterocycles. The number of hydrogen-bond donors (Lipinski definition) is 0. The van der Waals surface area contributed by atoms with Crippen molar-refractivity contribution < 1.29 is 28.9 Å². The third kappa shape index (κ3) is 11.9. The molecule has 0 spiro atoms. The first-order valence-corrected chi connectivity index (χ1v) is 22.0. The molecular formula is C53H51N3O6S. The highest BCUT2D eigenvalue weighted by Crippen LogP contribution is 2.32. The number of fused-ring (bicyclic) bond motifs is 3. The highest BCUT2D eigenvalue weighted by atomic mass is 32.2. The van der Waals surface area contributed by atoms with Crippen LogP contribution in [0.3, 0.4) is 0 Å². The Bertz CT molecular complexity index is 2780. The number of unbranched alkanes of at least 4 members (excludes halogenated alkanes) is 3. The van der Waals surface area contributed by atoms with Gasteiger partial charge < -0.3 is 14.2 Å². The molecule has 0 bridgehead atoms. The molecule has 0 amide bonds. The molecule has 0 aliphatic carbocycles. The topological polar surface area (TPSA) is 116 Å². The first kappa shape index (κ1) is 45.6. The summed E-state index contributed by atoms with van der Waals surface area (Å²) >= 11 is 1.64. The standard InChI is InChI=1S/C27H27NO3S.C26H24N2O3/c1-2-3-4-11-16-25(28-31-27(30)22-12-7-5-8-13-22)26(29)21-17-19-24(20-18-21)32-23-14-9-6-10-15-23;1-5-28-24-12-10-19(17(3)27-31-18(4)29)14-22(24)23-15-20(11-13-25(23)28)26(30)21-9-7-6-8-16(21)2/h5-10,12-15,17-20H,2-4,11,16H2,1H3;6-15H,5H2,1-4H3/b28-25+;27-17+. The zero-order chi connectivity index (χ0) is 44.7. The molecule has 1 heterocycles. The Kier molecular flexibility index (Phi) is 16.1. The van der Waals surface area contributed by atoms with Crippen molar-refractivity contribution in [3.8, 4) is 0 Å². The van der Waals surface area contributed by atoms with Gasteiger partial charge in [-0.3, -0.25) is 9.59 Å². The van der Waals surface area contributed by atoms with Gasteiger partial charge in [-0.2, -0.15) is 0 Å². The molecule has 0 fully saturated rings. The highest BCUT2D eigenvalue weighted by Gasteiger charge is 2.18. The Labute approximate surface area is 372 Å². The van der Waals surface area contributed by atoms with Crippen molar-refractivity contribution in [2.75, 3.05) is 0 Å². The Hall–Kier alpha value is -6.91. The van der Waals surface area contributed by atoms with Gasteiger partial charge in [0, 0.05) is 61.8 Å². The molecule has 10 heteroatoms. The quantitative estimate of drug-likeness (QED) is 0.0312. The van der Waals surface area contributed by atoms with E-state index in [0.29, 0.717) is 34.4 Å². The lowest BCUT2D eigenvalue weighted by molar-refractivity contribution is -0.140. The van der Waals surface area contributed by atoms with Gasteiger partial charge in [0.05, 0.1) is 11.3 Å². The summed E-state index contributed by atoms with van der Waals surface area (Å²) in [5, 5.41) is 9.93. The molecule has 0 atom stereocenters. The van der Waals surface area contributed by atoms with E-state index in [0.717, 1.165) is 75.0 Å². The number of hydrogen-bond acceptors (Lipinski definition) is 9. The second-order valence-electron chi connectivity index (χ2n) is 15.0. The van der Waals surface area contributed by atoms with Crippen LogP contribution in [-0.4, -0.2) is 39.5 Å². The summed E-state index contributed by atoms with van der Waals surface area (Å²) in [6.45, 7) is 10.1. The predicted octanol–water partition coefficient (Wildman–Crippen LogP) is 12.8. The van der Waals surface area contributed by atoms with Crippen LogP contribution >= 0.6 is 11.8 Å². The summed E-state index contributed by atoms with van der Waals surface area (Å²) in [6.07, 6.45) is 4.49. The van der Waals surface area contributed by atoms with E-state index in [9.17, 15) is 19.2 Å². The Morgan fingerprint density at radius 3 is 1.81 bits per heavy atom. The van der Waals surface area contributed by atoms with Gasteiger partial charge in [-0.15, -0.1) is 0 Å². The maximum Gasteiger partial charge on any atom is 0.365 e. The van der Waals surface area contributed by atoms with Crippen molar-refractivity contribution >= 4 is 68.5 Å². The van der Waals surface area contributed by atoms with E-state index in [4.69, 9.17) is 9.68 Å². The number of carbonyl (C=O) groups is 4. The van der Waals surface area contributed by atoms with Crippen LogP contribution in [0.1, 0.15) is 108 Å². The number of ketones is 2. The lowest BCUT2D eigenvalue weighted by Gasteiger charge is -2.07. The van der Waals surface area contributed by atoms with Crippen molar-refractivity contribution in [1.29, 1.82) is 0 Å². The summed E-state index contributed by atoms with van der Waals surface area (Å²) in [7, 11) is 0. The first-order valence-electron chi connectivity index (χ1n) is 21.2. The van der Waals surface area contributed by atoms with Gasteiger partial charge in [-0.1, -0.05) is 115 Å². The summed E-state index contributed by atoms with van der Waals surface area (Å²) in [5.41, 5.74) is 7.17. The van der Waals surface area contributed by atoms with Gasteiger partial charge in [0.2, 0.25) is 5.78 Å². The maximum absolute atomic E-state index is 13.2. The summed E-state index contributed by atoms with van der Waals surface area (Å²) in [4.78, 5) is 61.7. The zero-order valence-electron chi connectivity index (χ0n) is 36.3. The van der Waals surface area contributed by atoms with E-state index in [-0.39, 0.29) is 17.3 Å². The minimum Gasteiger partial charge on any atom is -0.341 e. The van der Waals surface area contributed by atoms with Crippen molar-refractivity contribution in [2.24, 2.45) is 10.3 Å². The van der Waals surface area contributed by atoms with Gasteiger partial charge in [0.1, 0.15) is 5.71 Å². The number of nitrogens with zero attached hydrogens (tertiary/aromatic N) is 3. The molecule has 0 saturated carbocycles. The van der Waals surface area contributed by atoms with Gasteiger partial charge in [-0.05, 0) is 124 Å². The first-order chi connectivity index (χ1) is 30.6. The SMILES string of the molecule is CCCCCC/C(=N\OC(=O)c1ccccc1)C(=O)c1ccc(Sc2ccccc2)cc1.CCn1c2ccc(C(=O)c3ccccc3C)cc2c2cc(/C(C)=N/OC(C)=O)ccc21. The van der Waals surface area contributed by atoms with Gasteiger partial charge in [-0.25, -0.2) is 9.59 Å². The van der Waals surface area contributed by atoms with Crippen molar-refractivity contribution in [3.63, 3.8) is 0 Å². The van der Waals surface area contributed by atoms with E-state index in [1.807, 2.05) is 116 Å². The van der Waals surface area contributed by atoms with E-state index in [2.05, 4.69) is 28.7 Å². The predicted molar refractivity (Wildman–Crippen MR) is 253 cm³/mol. The fourth-order valence-corrected chi connectivity index (χ4v) is 7.93. The second-order valence-corrected chi connectivity index (χ2v) is 16.1. The van der Waals surface area contributed by atoms with E-state index >= 15 is 0 Å². The van der Waals surface area contributed by atoms with E-state index in [1.165, 1.54) is 6.92 Å². The molecule has 6 aromatic carbocycles. The van der Waals surface area contributed by atoms with Crippen LogP contribution in [0.5, 0.6) is 0 Å². The minimum atomic E-state index is -0.570. The molecule has 9 nitrogen and oxygen atoms in total. The molecule has 0 aliphatic heterocycles. The Morgan fingerprint density at radius 2 is 1.17 bits per heavy atom. The lowest BCUT2D eigenvalue weighted by atomic mass is 9.97. The van der Waals surface area contributed by atoms with Gasteiger partial charge in [0.25, 0.3) is 0 Å². The third-order valence-electron chi connectivity index (χ3n) is 10.4. The molecule has 0 unspecified atom stereocenters. The number of carbonyl (C=O) groups excluding carboxylic acids is 4. The molecule has 7 aromatic rings. The van der Waals surface area contributed by atoms with Crippen LogP contribution in [0.15, 0.2) is 166 Å². The van der Waals surface area contributed by atoms with Crippen molar-refractivity contribution in [1.82, 2.24) is 4.57 Å². The summed E-state index contributed by atoms with van der Waals surface area (Å²) in [6, 6.07) is 45.8. The maximum atomic E-state index is 13.2. The molecule has 320 valence electrons. The number of Topliss-reactive ketones (excluding diaryl/α,β-unsaturated/α-hetero) is 1. The Balaban J connectivity index is 0.000000210. The van der Waals surface area contributed by atoms with Crippen molar-refractivity contribution in [2.45, 2.75) is 83.1 Å². The average molecular weight is 858 g/mol. The number of benzene rings is 6. The minimum absolute atomic E-state index is 0.0150. The monoisotopic (exact) mass is 857 g/mol. The smallest absolute Gasteiger partial charge is 0.341 e. The number of aryl methyl sites for hydroxylation is 2. The fraction of sp³-hybridized carbons (Fsp3) is 0.208. The number of aromatic nitrogens is 1. The van der Waals surface area contributed by atoms with E-state index in [1.54, 1.807) is 55.1 Å². The van der Waals surface area contributed by atoms with E-state index < -0.39 is 11.9 Å².